The number of carbonyl (C=O) groups is 2. The Bertz CT molecular complexity index is 833. The second-order valence-corrected chi connectivity index (χ2v) is 5.97. The van der Waals surface area contributed by atoms with Crippen LogP contribution in [0.1, 0.15) is 23.2 Å². The third kappa shape index (κ3) is 2.72. The topological polar surface area (TPSA) is 85.4 Å². The van der Waals surface area contributed by atoms with Crippen LogP contribution < -0.4 is 11.3 Å². The van der Waals surface area contributed by atoms with Crippen LogP contribution in [-0.2, 0) is 11.8 Å². The molecule has 1 aromatic heterocycles. The second-order valence-electron chi connectivity index (χ2n) is 5.97. The van der Waals surface area contributed by atoms with E-state index < -0.39 is 0 Å². The van der Waals surface area contributed by atoms with Gasteiger partial charge in [0.25, 0.3) is 11.5 Å². The molecule has 0 atom stereocenters. The number of aryl methyl sites for hydroxylation is 1. The predicted molar refractivity (Wildman–Crippen MR) is 87.0 cm³/mol. The molecule has 0 spiro atoms. The quantitative estimate of drug-likeness (QED) is 0.893. The maximum absolute atomic E-state index is 12.8. The van der Waals surface area contributed by atoms with Gasteiger partial charge in [0.05, 0.1) is 5.56 Å². The summed E-state index contributed by atoms with van der Waals surface area (Å²) in [5.41, 5.74) is 5.72. The first kappa shape index (κ1) is 15.3. The van der Waals surface area contributed by atoms with Crippen molar-refractivity contribution in [1.82, 2.24) is 9.47 Å². The van der Waals surface area contributed by atoms with Crippen molar-refractivity contribution in [3.8, 4) is 0 Å². The molecule has 2 amide bonds. The zero-order valence-corrected chi connectivity index (χ0v) is 13.0. The molecular weight excluding hydrogens is 294 g/mol. The minimum Gasteiger partial charge on any atom is -0.369 e. The molecule has 1 aromatic carbocycles. The van der Waals surface area contributed by atoms with Crippen LogP contribution in [0.5, 0.6) is 0 Å². The van der Waals surface area contributed by atoms with Gasteiger partial charge >= 0.3 is 0 Å². The number of hydrogen-bond acceptors (Lipinski definition) is 3. The molecule has 0 saturated carbocycles. The molecule has 23 heavy (non-hydrogen) atoms. The summed E-state index contributed by atoms with van der Waals surface area (Å²) in [6.45, 7) is 1.01. The fourth-order valence-corrected chi connectivity index (χ4v) is 3.12. The number of benzene rings is 1. The van der Waals surface area contributed by atoms with E-state index >= 15 is 0 Å². The standard InChI is InChI=1S/C17H19N3O3/c1-19-10-14(12-4-2-3-5-13(12)16(19)22)17(23)20-8-6-11(7-9-20)15(18)21/h2-5,10-11H,6-9H2,1H3,(H2,18,21). The average Bonchev–Trinajstić information content (AvgIpc) is 2.57. The molecule has 2 heterocycles. The van der Waals surface area contributed by atoms with Gasteiger partial charge in [0.1, 0.15) is 0 Å². The third-order valence-corrected chi connectivity index (χ3v) is 4.51. The number of amides is 2. The zero-order chi connectivity index (χ0) is 16.6. The van der Waals surface area contributed by atoms with E-state index in [9.17, 15) is 14.4 Å². The van der Waals surface area contributed by atoms with Crippen molar-refractivity contribution in [2.45, 2.75) is 12.8 Å². The Morgan fingerprint density at radius 1 is 1.13 bits per heavy atom. The molecule has 1 aliphatic heterocycles. The van der Waals surface area contributed by atoms with Crippen molar-refractivity contribution in [3.05, 3.63) is 46.4 Å². The molecule has 1 aliphatic rings. The molecular formula is C17H19N3O3. The van der Waals surface area contributed by atoms with Crippen LogP contribution in [0.25, 0.3) is 10.8 Å². The Hall–Kier alpha value is -2.63. The van der Waals surface area contributed by atoms with Crippen LogP contribution in [0.2, 0.25) is 0 Å². The van der Waals surface area contributed by atoms with E-state index in [4.69, 9.17) is 5.73 Å². The third-order valence-electron chi connectivity index (χ3n) is 4.51. The van der Waals surface area contributed by atoms with Gasteiger partial charge in [0.2, 0.25) is 5.91 Å². The van der Waals surface area contributed by atoms with Crippen molar-refractivity contribution in [3.63, 3.8) is 0 Å². The van der Waals surface area contributed by atoms with Crippen molar-refractivity contribution in [2.75, 3.05) is 13.1 Å². The van der Waals surface area contributed by atoms with Gasteiger partial charge in [-0.3, -0.25) is 14.4 Å². The Morgan fingerprint density at radius 3 is 2.35 bits per heavy atom. The van der Waals surface area contributed by atoms with Crippen LogP contribution in [0, 0.1) is 5.92 Å². The average molecular weight is 313 g/mol. The molecule has 0 aliphatic carbocycles. The van der Waals surface area contributed by atoms with E-state index in [1.54, 1.807) is 36.3 Å². The molecule has 3 rings (SSSR count). The number of rotatable bonds is 2. The van der Waals surface area contributed by atoms with Crippen LogP contribution in [0.4, 0.5) is 0 Å². The van der Waals surface area contributed by atoms with Gasteiger partial charge in [0, 0.05) is 43.0 Å². The molecule has 0 bridgehead atoms. The summed E-state index contributed by atoms with van der Waals surface area (Å²) in [4.78, 5) is 38.0. The Labute approximate surface area is 133 Å². The van der Waals surface area contributed by atoms with Gasteiger partial charge in [-0.05, 0) is 18.9 Å². The molecule has 1 saturated heterocycles. The highest BCUT2D eigenvalue weighted by Crippen LogP contribution is 2.22. The first-order valence-corrected chi connectivity index (χ1v) is 7.66. The van der Waals surface area contributed by atoms with Crippen LogP contribution >= 0.6 is 0 Å². The lowest BCUT2D eigenvalue weighted by Gasteiger charge is -2.31. The Morgan fingerprint density at radius 2 is 1.74 bits per heavy atom. The Balaban J connectivity index is 1.95. The minimum atomic E-state index is -0.301. The van der Waals surface area contributed by atoms with E-state index in [0.717, 1.165) is 0 Å². The maximum Gasteiger partial charge on any atom is 0.258 e. The number of hydrogen-bond donors (Lipinski definition) is 1. The number of fused-ring (bicyclic) bond motifs is 1. The van der Waals surface area contributed by atoms with Crippen LogP contribution in [0.3, 0.4) is 0 Å². The summed E-state index contributed by atoms with van der Waals surface area (Å²) in [6, 6.07) is 7.13. The van der Waals surface area contributed by atoms with Crippen molar-refractivity contribution in [1.29, 1.82) is 0 Å². The summed E-state index contributed by atoms with van der Waals surface area (Å²) >= 11 is 0. The van der Waals surface area contributed by atoms with E-state index in [-0.39, 0.29) is 23.3 Å². The first-order valence-electron chi connectivity index (χ1n) is 7.66. The minimum absolute atomic E-state index is 0.111. The van der Waals surface area contributed by atoms with Gasteiger partial charge in [-0.2, -0.15) is 0 Å². The van der Waals surface area contributed by atoms with E-state index in [1.807, 2.05) is 6.07 Å². The summed E-state index contributed by atoms with van der Waals surface area (Å²) in [7, 11) is 1.64. The highest BCUT2D eigenvalue weighted by atomic mass is 16.2. The number of likely N-dealkylation sites (tertiary alicyclic amines) is 1. The van der Waals surface area contributed by atoms with Crippen molar-refractivity contribution < 1.29 is 9.59 Å². The monoisotopic (exact) mass is 313 g/mol. The van der Waals surface area contributed by atoms with Gasteiger partial charge < -0.3 is 15.2 Å². The number of nitrogens with zero attached hydrogens (tertiary/aromatic N) is 2. The molecule has 2 N–H and O–H groups in total. The lowest BCUT2D eigenvalue weighted by Crippen LogP contribution is -2.42. The smallest absolute Gasteiger partial charge is 0.258 e. The lowest BCUT2D eigenvalue weighted by atomic mass is 9.95. The number of carbonyl (C=O) groups excluding carboxylic acids is 2. The molecule has 6 heteroatoms. The number of nitrogens with two attached hydrogens (primary N) is 1. The van der Waals surface area contributed by atoms with Crippen LogP contribution in [0.15, 0.2) is 35.3 Å². The summed E-state index contributed by atoms with van der Waals surface area (Å²) < 4.78 is 1.44. The van der Waals surface area contributed by atoms with Crippen molar-refractivity contribution in [2.24, 2.45) is 18.7 Å². The summed E-state index contributed by atoms with van der Waals surface area (Å²) in [6.07, 6.45) is 2.77. The van der Waals surface area contributed by atoms with E-state index in [0.29, 0.717) is 42.3 Å². The van der Waals surface area contributed by atoms with Gasteiger partial charge in [-0.1, -0.05) is 18.2 Å². The SMILES string of the molecule is Cn1cc(C(=O)N2CCC(C(N)=O)CC2)c2ccccc2c1=O. The molecule has 0 radical (unpaired) electrons. The normalized spacial score (nSPS) is 15.8. The predicted octanol–water partition coefficient (Wildman–Crippen LogP) is 0.876. The van der Waals surface area contributed by atoms with E-state index in [1.165, 1.54) is 4.57 Å². The number of piperidine rings is 1. The highest BCUT2D eigenvalue weighted by molar-refractivity contribution is 6.06. The van der Waals surface area contributed by atoms with Crippen LogP contribution in [-0.4, -0.2) is 34.4 Å². The zero-order valence-electron chi connectivity index (χ0n) is 13.0. The Kier molecular flexibility index (Phi) is 3.90. The van der Waals surface area contributed by atoms with Crippen molar-refractivity contribution >= 4 is 22.6 Å². The lowest BCUT2D eigenvalue weighted by molar-refractivity contribution is -0.123. The largest absolute Gasteiger partial charge is 0.369 e. The molecule has 0 unspecified atom stereocenters. The highest BCUT2D eigenvalue weighted by Gasteiger charge is 2.27. The number of aromatic nitrogens is 1. The summed E-state index contributed by atoms with van der Waals surface area (Å²) in [5.74, 6) is -0.569. The van der Waals surface area contributed by atoms with Gasteiger partial charge in [-0.25, -0.2) is 0 Å². The first-order chi connectivity index (χ1) is 11.0. The maximum atomic E-state index is 12.8. The fraction of sp³-hybridized carbons (Fsp3) is 0.353. The second kappa shape index (κ2) is 5.87. The molecule has 120 valence electrons. The fourth-order valence-electron chi connectivity index (χ4n) is 3.12. The van der Waals surface area contributed by atoms with Gasteiger partial charge in [-0.15, -0.1) is 0 Å². The number of pyridine rings is 1. The molecule has 2 aromatic rings. The van der Waals surface area contributed by atoms with E-state index in [2.05, 4.69) is 0 Å². The molecule has 1 fully saturated rings. The van der Waals surface area contributed by atoms with Gasteiger partial charge in [0.15, 0.2) is 0 Å². The number of primary amides is 1. The summed E-state index contributed by atoms with van der Waals surface area (Å²) in [5, 5.41) is 1.20. The molecule has 6 nitrogen and oxygen atoms in total.